The Kier molecular flexibility index (Phi) is 4.37. The van der Waals surface area contributed by atoms with Gasteiger partial charge in [-0.25, -0.2) is 0 Å². The molecule has 0 heterocycles. The van der Waals surface area contributed by atoms with Crippen molar-refractivity contribution in [3.63, 3.8) is 0 Å². The quantitative estimate of drug-likeness (QED) is 0.362. The molecular weight excluding hydrogens is 126 g/mol. The Morgan fingerprint density at radius 2 is 2.30 bits per heavy atom. The van der Waals surface area contributed by atoms with E-state index in [4.69, 9.17) is 5.73 Å². The van der Waals surface area contributed by atoms with Crippen molar-refractivity contribution in [2.45, 2.75) is 20.3 Å². The van der Waals surface area contributed by atoms with Crippen LogP contribution in [0.4, 0.5) is 0 Å². The highest BCUT2D eigenvalue weighted by molar-refractivity contribution is 5.79. The molecule has 0 fully saturated rings. The highest BCUT2D eigenvalue weighted by Gasteiger charge is 1.90. The fraction of sp³-hybridized carbons (Fsp3) is 0.571. The number of amidine groups is 1. The van der Waals surface area contributed by atoms with E-state index in [0.717, 1.165) is 13.0 Å². The fourth-order valence-electron chi connectivity index (χ4n) is 0.476. The number of hydrogen-bond donors (Lipinski definition) is 1. The van der Waals surface area contributed by atoms with Gasteiger partial charge in [0.15, 0.2) is 0 Å². The van der Waals surface area contributed by atoms with Gasteiger partial charge in [-0.3, -0.25) is 5.01 Å². The van der Waals surface area contributed by atoms with Gasteiger partial charge < -0.3 is 5.73 Å². The van der Waals surface area contributed by atoms with Gasteiger partial charge in [-0.05, 0) is 6.92 Å². The fourth-order valence-corrected chi connectivity index (χ4v) is 0.476. The molecule has 0 saturated carbocycles. The van der Waals surface area contributed by atoms with Crippen molar-refractivity contribution >= 4 is 5.84 Å². The molecule has 0 atom stereocenters. The van der Waals surface area contributed by atoms with E-state index in [1.165, 1.54) is 0 Å². The van der Waals surface area contributed by atoms with Crippen LogP contribution in [0.25, 0.3) is 0 Å². The van der Waals surface area contributed by atoms with Gasteiger partial charge in [0, 0.05) is 19.2 Å². The molecular formula is C7H15N3. The topological polar surface area (TPSA) is 41.6 Å². The molecule has 0 aliphatic rings. The van der Waals surface area contributed by atoms with Crippen LogP contribution >= 0.6 is 0 Å². The van der Waals surface area contributed by atoms with Crippen LogP contribution in [0, 0.1) is 0 Å². The van der Waals surface area contributed by atoms with E-state index in [9.17, 15) is 0 Å². The van der Waals surface area contributed by atoms with Crippen molar-refractivity contribution in [1.82, 2.24) is 5.01 Å². The molecule has 0 radical (unpaired) electrons. The lowest BCUT2D eigenvalue weighted by Crippen LogP contribution is -2.17. The monoisotopic (exact) mass is 141 g/mol. The van der Waals surface area contributed by atoms with Gasteiger partial charge in [0.1, 0.15) is 5.84 Å². The molecule has 0 aliphatic carbocycles. The van der Waals surface area contributed by atoms with Crippen LogP contribution in [0.3, 0.4) is 0 Å². The molecule has 0 saturated heterocycles. The first-order valence-electron chi connectivity index (χ1n) is 3.46. The molecule has 0 aliphatic heterocycles. The van der Waals surface area contributed by atoms with Crippen LogP contribution in [0.1, 0.15) is 20.3 Å². The van der Waals surface area contributed by atoms with Gasteiger partial charge in [0.2, 0.25) is 0 Å². The summed E-state index contributed by atoms with van der Waals surface area (Å²) >= 11 is 0. The van der Waals surface area contributed by atoms with Crippen molar-refractivity contribution in [2.75, 3.05) is 6.54 Å². The van der Waals surface area contributed by atoms with E-state index in [2.05, 4.69) is 11.7 Å². The summed E-state index contributed by atoms with van der Waals surface area (Å²) in [6.07, 6.45) is 2.44. The van der Waals surface area contributed by atoms with Crippen molar-refractivity contribution < 1.29 is 0 Å². The molecule has 58 valence electrons. The number of hydrazone groups is 1. The van der Waals surface area contributed by atoms with Gasteiger partial charge in [-0.2, -0.15) is 5.10 Å². The van der Waals surface area contributed by atoms with E-state index < -0.39 is 0 Å². The average Bonchev–Trinajstić information content (AvgIpc) is 1.99. The largest absolute Gasteiger partial charge is 0.386 e. The molecule has 0 amide bonds. The van der Waals surface area contributed by atoms with Gasteiger partial charge in [-0.1, -0.05) is 13.5 Å². The second-order valence-corrected chi connectivity index (χ2v) is 1.88. The zero-order valence-electron chi connectivity index (χ0n) is 6.67. The van der Waals surface area contributed by atoms with Crippen LogP contribution in [0.15, 0.2) is 17.9 Å². The molecule has 0 bridgehead atoms. The van der Waals surface area contributed by atoms with Crippen molar-refractivity contribution in [3.8, 4) is 0 Å². The number of nitrogens with two attached hydrogens (primary N) is 1. The van der Waals surface area contributed by atoms with Crippen LogP contribution in [-0.2, 0) is 0 Å². The maximum atomic E-state index is 5.49. The lowest BCUT2D eigenvalue weighted by molar-refractivity contribution is 0.421. The molecule has 0 aromatic rings. The summed E-state index contributed by atoms with van der Waals surface area (Å²) in [5, 5.41) is 5.75. The predicted octanol–water partition coefficient (Wildman–Crippen LogP) is 1.13. The van der Waals surface area contributed by atoms with Crippen LogP contribution < -0.4 is 5.73 Å². The second-order valence-electron chi connectivity index (χ2n) is 1.88. The van der Waals surface area contributed by atoms with Gasteiger partial charge in [0.05, 0.1) is 0 Å². The standard InChI is InChI=1S/C7H15N3/c1-4-7(8)9-10(5-2)6-3/h5H,2,4,6H2,1,3H3,(H2,8,9). The Bertz CT molecular complexity index is 129. The Hall–Kier alpha value is -0.990. The minimum Gasteiger partial charge on any atom is -0.386 e. The molecule has 0 aromatic carbocycles. The van der Waals surface area contributed by atoms with Gasteiger partial charge in [-0.15, -0.1) is 0 Å². The summed E-state index contributed by atoms with van der Waals surface area (Å²) in [5.74, 6) is 0.641. The SMILES string of the molecule is C=CN(CC)/N=C(\N)CC. The van der Waals surface area contributed by atoms with E-state index in [1.807, 2.05) is 13.8 Å². The third-order valence-electron chi connectivity index (χ3n) is 1.15. The zero-order chi connectivity index (χ0) is 7.98. The maximum absolute atomic E-state index is 5.49. The highest BCUT2D eigenvalue weighted by atomic mass is 15.4. The third kappa shape index (κ3) is 3.12. The lowest BCUT2D eigenvalue weighted by atomic mass is 10.5. The molecule has 3 nitrogen and oxygen atoms in total. The Balaban J connectivity index is 3.92. The Morgan fingerprint density at radius 1 is 1.70 bits per heavy atom. The van der Waals surface area contributed by atoms with E-state index in [-0.39, 0.29) is 0 Å². The van der Waals surface area contributed by atoms with Crippen LogP contribution in [0.5, 0.6) is 0 Å². The molecule has 0 spiro atoms. The average molecular weight is 141 g/mol. The number of nitrogens with zero attached hydrogens (tertiary/aromatic N) is 2. The summed E-state index contributed by atoms with van der Waals surface area (Å²) in [6, 6.07) is 0. The third-order valence-corrected chi connectivity index (χ3v) is 1.15. The molecule has 10 heavy (non-hydrogen) atoms. The van der Waals surface area contributed by atoms with Gasteiger partial charge in [0.25, 0.3) is 0 Å². The number of rotatable bonds is 4. The molecule has 3 heteroatoms. The summed E-state index contributed by atoms with van der Waals surface area (Å²) in [4.78, 5) is 0. The first-order chi connectivity index (χ1) is 4.74. The Morgan fingerprint density at radius 3 is 2.60 bits per heavy atom. The first kappa shape index (κ1) is 9.01. The molecule has 0 rings (SSSR count). The van der Waals surface area contributed by atoms with E-state index >= 15 is 0 Å². The number of hydrogen-bond acceptors (Lipinski definition) is 2. The Labute approximate surface area is 62.2 Å². The summed E-state index contributed by atoms with van der Waals surface area (Å²) in [5.41, 5.74) is 5.49. The first-order valence-corrected chi connectivity index (χ1v) is 3.46. The summed E-state index contributed by atoms with van der Waals surface area (Å²) < 4.78 is 0. The van der Waals surface area contributed by atoms with E-state index in [1.54, 1.807) is 11.2 Å². The highest BCUT2D eigenvalue weighted by Crippen LogP contribution is 1.89. The van der Waals surface area contributed by atoms with Crippen molar-refractivity contribution in [3.05, 3.63) is 12.8 Å². The van der Waals surface area contributed by atoms with E-state index in [0.29, 0.717) is 5.84 Å². The minimum atomic E-state index is 0.641. The smallest absolute Gasteiger partial charge is 0.119 e. The zero-order valence-corrected chi connectivity index (χ0v) is 6.67. The van der Waals surface area contributed by atoms with Gasteiger partial charge >= 0.3 is 0 Å². The second kappa shape index (κ2) is 4.85. The molecule has 0 unspecified atom stereocenters. The predicted molar refractivity (Wildman–Crippen MR) is 44.5 cm³/mol. The van der Waals surface area contributed by atoms with Crippen LogP contribution in [-0.4, -0.2) is 17.4 Å². The van der Waals surface area contributed by atoms with Crippen LogP contribution in [0.2, 0.25) is 0 Å². The molecule has 2 N–H and O–H groups in total. The maximum Gasteiger partial charge on any atom is 0.119 e. The lowest BCUT2D eigenvalue weighted by Gasteiger charge is -2.10. The molecule has 0 aromatic heterocycles. The van der Waals surface area contributed by atoms with Crippen molar-refractivity contribution in [2.24, 2.45) is 10.8 Å². The minimum absolute atomic E-state index is 0.641. The summed E-state index contributed by atoms with van der Waals surface area (Å²) in [6.45, 7) is 8.35. The van der Waals surface area contributed by atoms with Crippen molar-refractivity contribution in [1.29, 1.82) is 0 Å². The normalized spacial score (nSPS) is 11.2. The summed E-state index contributed by atoms with van der Waals surface area (Å²) in [7, 11) is 0.